The molecule has 0 unspecified atom stereocenters. The number of benzene rings is 1. The van der Waals surface area contributed by atoms with Gasteiger partial charge in [0.05, 0.1) is 11.4 Å². The van der Waals surface area contributed by atoms with E-state index in [1.807, 2.05) is 6.92 Å². The summed E-state index contributed by atoms with van der Waals surface area (Å²) in [5, 5.41) is 2.88. The van der Waals surface area contributed by atoms with Crippen molar-refractivity contribution in [2.45, 2.75) is 51.9 Å². The van der Waals surface area contributed by atoms with Crippen molar-refractivity contribution in [1.29, 1.82) is 0 Å². The van der Waals surface area contributed by atoms with Gasteiger partial charge in [-0.2, -0.15) is 0 Å². The van der Waals surface area contributed by atoms with Crippen LogP contribution < -0.4 is 15.8 Å². The molecule has 1 aliphatic carbocycles. The fourth-order valence-electron chi connectivity index (χ4n) is 3.46. The molecule has 0 atom stereocenters. The molecule has 0 radical (unpaired) electrons. The van der Waals surface area contributed by atoms with Crippen molar-refractivity contribution in [3.05, 3.63) is 24.3 Å². The first kappa shape index (κ1) is 19.7. The maximum atomic E-state index is 12.4. The van der Waals surface area contributed by atoms with Gasteiger partial charge in [-0.15, -0.1) is 0 Å². The second kappa shape index (κ2) is 8.67. The smallest absolute Gasteiger partial charge is 0.232 e. The zero-order chi connectivity index (χ0) is 18.3. The van der Waals surface area contributed by atoms with E-state index in [4.69, 9.17) is 5.73 Å². The van der Waals surface area contributed by atoms with E-state index in [9.17, 15) is 13.2 Å². The van der Waals surface area contributed by atoms with Crippen LogP contribution in [0.5, 0.6) is 0 Å². The highest BCUT2D eigenvalue weighted by Crippen LogP contribution is 2.38. The minimum atomic E-state index is -3.35. The predicted octanol–water partition coefficient (Wildman–Crippen LogP) is 3.08. The molecule has 2 rings (SSSR count). The quantitative estimate of drug-likeness (QED) is 0.657. The molecule has 0 aromatic heterocycles. The molecule has 0 spiro atoms. The monoisotopic (exact) mass is 367 g/mol. The number of nitrogens with one attached hydrogen (secondary N) is 2. The van der Waals surface area contributed by atoms with Crippen molar-refractivity contribution in [1.82, 2.24) is 0 Å². The van der Waals surface area contributed by atoms with Crippen LogP contribution in [0.4, 0.5) is 11.4 Å². The number of hydrogen-bond donors (Lipinski definition) is 3. The number of amides is 1. The Labute approximate surface area is 150 Å². The van der Waals surface area contributed by atoms with Gasteiger partial charge in [0.2, 0.25) is 15.9 Å². The van der Waals surface area contributed by atoms with Crippen LogP contribution >= 0.6 is 0 Å². The van der Waals surface area contributed by atoms with Crippen molar-refractivity contribution in [3.8, 4) is 0 Å². The second-order valence-electron chi connectivity index (χ2n) is 6.99. The number of anilines is 2. The van der Waals surface area contributed by atoms with Crippen molar-refractivity contribution in [3.63, 3.8) is 0 Å². The summed E-state index contributed by atoms with van der Waals surface area (Å²) >= 11 is 0. The summed E-state index contributed by atoms with van der Waals surface area (Å²) in [6.07, 6.45) is 6.41. The zero-order valence-corrected chi connectivity index (χ0v) is 15.7. The average molecular weight is 368 g/mol. The van der Waals surface area contributed by atoms with Gasteiger partial charge in [0.25, 0.3) is 0 Å². The number of nitrogens with two attached hydrogens (primary N) is 1. The van der Waals surface area contributed by atoms with Gasteiger partial charge in [0, 0.05) is 12.1 Å². The Kier molecular flexibility index (Phi) is 6.84. The van der Waals surface area contributed by atoms with Gasteiger partial charge in [-0.3, -0.25) is 9.52 Å². The summed E-state index contributed by atoms with van der Waals surface area (Å²) < 4.78 is 26.3. The Balaban J connectivity index is 2.00. The normalized spacial score (nSPS) is 17.0. The molecule has 1 aromatic carbocycles. The Morgan fingerprint density at radius 3 is 2.52 bits per heavy atom. The summed E-state index contributed by atoms with van der Waals surface area (Å²) in [5.74, 6) is 0.00343. The zero-order valence-electron chi connectivity index (χ0n) is 14.9. The van der Waals surface area contributed by atoms with E-state index in [1.165, 1.54) is 6.42 Å². The Morgan fingerprint density at radius 1 is 1.20 bits per heavy atom. The first-order chi connectivity index (χ1) is 11.9. The van der Waals surface area contributed by atoms with Gasteiger partial charge in [0.1, 0.15) is 0 Å². The molecule has 1 aromatic rings. The Hall–Kier alpha value is -1.60. The Morgan fingerprint density at radius 2 is 1.88 bits per heavy atom. The van der Waals surface area contributed by atoms with Crippen LogP contribution in [0.3, 0.4) is 0 Å². The van der Waals surface area contributed by atoms with Crippen LogP contribution in [0.1, 0.15) is 51.9 Å². The maximum absolute atomic E-state index is 12.4. The lowest BCUT2D eigenvalue weighted by Gasteiger charge is -2.35. The van der Waals surface area contributed by atoms with Gasteiger partial charge in [-0.05, 0) is 49.4 Å². The lowest BCUT2D eigenvalue weighted by molar-refractivity contribution is -0.118. The molecule has 4 N–H and O–H groups in total. The highest BCUT2D eigenvalue weighted by Gasteiger charge is 2.32. The van der Waals surface area contributed by atoms with E-state index in [0.29, 0.717) is 30.8 Å². The van der Waals surface area contributed by atoms with E-state index < -0.39 is 10.0 Å². The molecule has 1 fully saturated rings. The van der Waals surface area contributed by atoms with E-state index in [2.05, 4.69) is 10.0 Å². The third-order valence-electron chi connectivity index (χ3n) is 4.78. The highest BCUT2D eigenvalue weighted by atomic mass is 32.2. The fraction of sp³-hybridized carbons (Fsp3) is 0.611. The van der Waals surface area contributed by atoms with Crippen LogP contribution in [-0.4, -0.2) is 26.6 Å². The molecule has 25 heavy (non-hydrogen) atoms. The first-order valence-corrected chi connectivity index (χ1v) is 10.6. The molecule has 1 amide bonds. The third-order valence-corrected chi connectivity index (χ3v) is 6.27. The molecule has 7 heteroatoms. The van der Waals surface area contributed by atoms with E-state index in [1.54, 1.807) is 24.3 Å². The van der Waals surface area contributed by atoms with Gasteiger partial charge in [0.15, 0.2) is 0 Å². The summed E-state index contributed by atoms with van der Waals surface area (Å²) in [6.45, 7) is 2.34. The number of carbonyl (C=O) groups is 1. The summed E-state index contributed by atoms with van der Waals surface area (Å²) in [4.78, 5) is 12.4. The molecule has 0 saturated heterocycles. The molecule has 0 heterocycles. The average Bonchev–Trinajstić information content (AvgIpc) is 2.55. The summed E-state index contributed by atoms with van der Waals surface area (Å²) in [7, 11) is -3.35. The molecule has 140 valence electrons. The van der Waals surface area contributed by atoms with E-state index in [-0.39, 0.29) is 17.1 Å². The second-order valence-corrected chi connectivity index (χ2v) is 8.83. The van der Waals surface area contributed by atoms with E-state index in [0.717, 1.165) is 25.7 Å². The van der Waals surface area contributed by atoms with Crippen molar-refractivity contribution >= 4 is 27.3 Å². The SMILES string of the molecule is CCCS(=O)(=O)Nc1cccc(NC(=O)CC2(CN)CCCCC2)c1. The van der Waals surface area contributed by atoms with Gasteiger partial charge >= 0.3 is 0 Å². The maximum Gasteiger partial charge on any atom is 0.232 e. The van der Waals surface area contributed by atoms with Crippen molar-refractivity contribution in [2.75, 3.05) is 22.3 Å². The van der Waals surface area contributed by atoms with Crippen LogP contribution in [0.2, 0.25) is 0 Å². The predicted molar refractivity (Wildman–Crippen MR) is 102 cm³/mol. The molecule has 1 saturated carbocycles. The third kappa shape index (κ3) is 6.01. The van der Waals surface area contributed by atoms with Crippen molar-refractivity contribution < 1.29 is 13.2 Å². The van der Waals surface area contributed by atoms with Crippen molar-refractivity contribution in [2.24, 2.45) is 11.1 Å². The first-order valence-electron chi connectivity index (χ1n) is 8.98. The van der Waals surface area contributed by atoms with Crippen LogP contribution in [0, 0.1) is 5.41 Å². The molecule has 0 aliphatic heterocycles. The fourth-order valence-corrected chi connectivity index (χ4v) is 4.59. The minimum Gasteiger partial charge on any atom is -0.330 e. The van der Waals surface area contributed by atoms with Gasteiger partial charge in [-0.1, -0.05) is 32.3 Å². The lowest BCUT2D eigenvalue weighted by Crippen LogP contribution is -2.36. The van der Waals surface area contributed by atoms with Crippen LogP contribution in [0.25, 0.3) is 0 Å². The van der Waals surface area contributed by atoms with Crippen LogP contribution in [0.15, 0.2) is 24.3 Å². The highest BCUT2D eigenvalue weighted by molar-refractivity contribution is 7.92. The number of hydrogen-bond acceptors (Lipinski definition) is 4. The lowest BCUT2D eigenvalue weighted by atomic mass is 9.71. The van der Waals surface area contributed by atoms with Gasteiger partial charge in [-0.25, -0.2) is 8.42 Å². The topological polar surface area (TPSA) is 101 Å². The molecule has 6 nitrogen and oxygen atoms in total. The molecular weight excluding hydrogens is 338 g/mol. The number of sulfonamides is 1. The van der Waals surface area contributed by atoms with E-state index >= 15 is 0 Å². The largest absolute Gasteiger partial charge is 0.330 e. The number of carbonyl (C=O) groups excluding carboxylic acids is 1. The standard InChI is InChI=1S/C18H29N3O3S/c1-2-11-25(23,24)21-16-8-6-7-15(12-16)20-17(22)13-18(14-19)9-4-3-5-10-18/h6-8,12,21H,2-5,9-11,13-14,19H2,1H3,(H,20,22). The molecular formula is C18H29N3O3S. The molecule has 0 bridgehead atoms. The van der Waals surface area contributed by atoms with Crippen LogP contribution in [-0.2, 0) is 14.8 Å². The summed E-state index contributed by atoms with van der Waals surface area (Å²) in [6, 6.07) is 6.79. The number of rotatable bonds is 8. The summed E-state index contributed by atoms with van der Waals surface area (Å²) in [5.41, 5.74) is 6.89. The minimum absolute atomic E-state index is 0.0686. The Bertz CT molecular complexity index is 683. The molecule has 1 aliphatic rings. The van der Waals surface area contributed by atoms with Gasteiger partial charge < -0.3 is 11.1 Å².